The minimum absolute atomic E-state index is 0.153. The molecule has 0 bridgehead atoms. The minimum Gasteiger partial charge on any atom is -0.545 e. The number of ether oxygens (including phenoxy) is 4. The van der Waals surface area contributed by atoms with Crippen LogP contribution in [-0.2, 0) is 33.3 Å². The van der Waals surface area contributed by atoms with E-state index in [4.69, 9.17) is 18.9 Å². The first-order valence-electron chi connectivity index (χ1n) is 30.2. The van der Waals surface area contributed by atoms with Gasteiger partial charge in [0.15, 0.2) is 12.4 Å². The van der Waals surface area contributed by atoms with E-state index in [1.54, 1.807) is 0 Å². The predicted molar refractivity (Wildman–Crippen MR) is 288 cm³/mol. The molecule has 0 heterocycles. The molecule has 69 heavy (non-hydrogen) atoms. The molecule has 0 amide bonds. The zero-order valence-electron chi connectivity index (χ0n) is 46.7. The Hall–Kier alpha value is -1.71. The summed E-state index contributed by atoms with van der Waals surface area (Å²) in [7, 11) is 5.94. The lowest BCUT2D eigenvalue weighted by Gasteiger charge is -2.26. The molecule has 0 fully saturated rings. The van der Waals surface area contributed by atoms with Crippen LogP contribution in [-0.4, -0.2) is 82.3 Å². The Bertz CT molecular complexity index is 1100. The van der Waals surface area contributed by atoms with Crippen molar-refractivity contribution >= 4 is 17.9 Å². The number of carboxylic acid groups (broad SMARTS) is 1. The minimum atomic E-state index is -1.61. The number of carboxylic acids is 1. The topological polar surface area (TPSA) is 111 Å². The maximum absolute atomic E-state index is 12.9. The van der Waals surface area contributed by atoms with Crippen LogP contribution in [0.3, 0.4) is 0 Å². The van der Waals surface area contributed by atoms with Crippen LogP contribution >= 0.6 is 0 Å². The molecule has 0 aromatic heterocycles. The van der Waals surface area contributed by atoms with Crippen molar-refractivity contribution in [2.75, 3.05) is 47.5 Å². The van der Waals surface area contributed by atoms with E-state index in [1.165, 1.54) is 244 Å². The van der Waals surface area contributed by atoms with Crippen LogP contribution in [0.1, 0.15) is 309 Å². The molecular formula is C60H117NO8. The number of hydrogen-bond donors (Lipinski definition) is 0. The molecule has 0 aromatic rings. The number of likely N-dealkylation sites (N-methyl/N-ethyl adjacent to an activating group) is 1. The van der Waals surface area contributed by atoms with Crippen LogP contribution in [0.15, 0.2) is 0 Å². The second kappa shape index (κ2) is 52.6. The van der Waals surface area contributed by atoms with Crippen LogP contribution in [0.4, 0.5) is 0 Å². The molecular weight excluding hydrogens is 863 g/mol. The van der Waals surface area contributed by atoms with Gasteiger partial charge in [-0.3, -0.25) is 9.59 Å². The molecule has 0 aliphatic carbocycles. The van der Waals surface area contributed by atoms with Crippen molar-refractivity contribution in [3.63, 3.8) is 0 Å². The fourth-order valence-corrected chi connectivity index (χ4v) is 9.19. The maximum atomic E-state index is 12.9. The summed E-state index contributed by atoms with van der Waals surface area (Å²) >= 11 is 0. The molecule has 410 valence electrons. The summed E-state index contributed by atoms with van der Waals surface area (Å²) in [4.78, 5) is 37.3. The third-order valence-electron chi connectivity index (χ3n) is 13.9. The summed E-state index contributed by atoms with van der Waals surface area (Å²) in [5.74, 6) is -2.25. The molecule has 0 aliphatic rings. The van der Waals surface area contributed by atoms with E-state index in [1.807, 2.05) is 21.1 Å². The number of quaternary nitrogens is 1. The van der Waals surface area contributed by atoms with Crippen LogP contribution in [0.25, 0.3) is 0 Å². The summed E-state index contributed by atoms with van der Waals surface area (Å²) in [6.07, 6.45) is 55.8. The first-order valence-corrected chi connectivity index (χ1v) is 30.2. The highest BCUT2D eigenvalue weighted by molar-refractivity contribution is 5.70. The first kappa shape index (κ1) is 67.3. The molecule has 0 rings (SSSR count). The lowest BCUT2D eigenvalue weighted by atomic mass is 10.0. The van der Waals surface area contributed by atoms with Crippen molar-refractivity contribution in [3.8, 4) is 0 Å². The molecule has 2 atom stereocenters. The zero-order chi connectivity index (χ0) is 50.6. The second-order valence-corrected chi connectivity index (χ2v) is 22.0. The number of esters is 2. The highest BCUT2D eigenvalue weighted by Crippen LogP contribution is 2.18. The van der Waals surface area contributed by atoms with E-state index in [2.05, 4.69) is 13.8 Å². The van der Waals surface area contributed by atoms with Crippen LogP contribution in [0.5, 0.6) is 0 Å². The fraction of sp³-hybridized carbons (Fsp3) is 0.950. The van der Waals surface area contributed by atoms with Crippen molar-refractivity contribution in [2.24, 2.45) is 0 Å². The van der Waals surface area contributed by atoms with Crippen molar-refractivity contribution in [3.05, 3.63) is 0 Å². The first-order chi connectivity index (χ1) is 33.6. The lowest BCUT2D eigenvalue weighted by Crippen LogP contribution is -2.44. The lowest BCUT2D eigenvalue weighted by molar-refractivity contribution is -0.870. The molecule has 0 radical (unpaired) electrons. The third-order valence-corrected chi connectivity index (χ3v) is 13.9. The standard InChI is InChI=1S/C60H117NO8/c1-6-8-10-12-14-16-18-20-22-24-26-27-28-29-30-31-33-35-37-39-41-43-45-47-49-51-58(63)69-56(55-68-60(59(64)65)66-53-52-61(3,4)5)54-67-57(62)50-48-46-44-42-40-38-36-34-32-25-23-21-19-17-15-13-11-9-7-2/h56,60H,6-55H2,1-5H3. The molecule has 0 saturated heterocycles. The van der Waals surface area contributed by atoms with Crippen LogP contribution < -0.4 is 5.11 Å². The maximum Gasteiger partial charge on any atom is 0.306 e. The average Bonchev–Trinajstić information content (AvgIpc) is 3.31. The van der Waals surface area contributed by atoms with E-state index in [9.17, 15) is 19.5 Å². The summed E-state index contributed by atoms with van der Waals surface area (Å²) in [5.41, 5.74) is 0. The van der Waals surface area contributed by atoms with Gasteiger partial charge in [0.2, 0.25) is 0 Å². The van der Waals surface area contributed by atoms with Gasteiger partial charge in [0.1, 0.15) is 13.2 Å². The Labute approximate surface area is 428 Å². The number of unbranched alkanes of at least 4 members (excludes halogenated alkanes) is 42. The van der Waals surface area contributed by atoms with Crippen molar-refractivity contribution in [1.82, 2.24) is 0 Å². The fourth-order valence-electron chi connectivity index (χ4n) is 9.19. The second-order valence-electron chi connectivity index (χ2n) is 22.0. The highest BCUT2D eigenvalue weighted by Gasteiger charge is 2.22. The van der Waals surface area contributed by atoms with Gasteiger partial charge in [-0.05, 0) is 12.8 Å². The molecule has 2 unspecified atom stereocenters. The smallest absolute Gasteiger partial charge is 0.306 e. The molecule has 0 aliphatic heterocycles. The SMILES string of the molecule is CCCCCCCCCCCCCCCCCCCCCCCCCCCC(=O)OC(COC(=O)CCCCCCCCCCCCCCCCCCCCC)COC(OCC[N+](C)(C)C)C(=O)[O-]. The van der Waals surface area contributed by atoms with Gasteiger partial charge in [-0.15, -0.1) is 0 Å². The number of carbonyl (C=O) groups excluding carboxylic acids is 3. The molecule has 9 nitrogen and oxygen atoms in total. The van der Waals surface area contributed by atoms with Crippen LogP contribution in [0, 0.1) is 0 Å². The van der Waals surface area contributed by atoms with E-state index in [0.717, 1.165) is 38.5 Å². The Balaban J connectivity index is 4.15. The Kier molecular flexibility index (Phi) is 51.3. The summed E-state index contributed by atoms with van der Waals surface area (Å²) in [6, 6.07) is 0. The van der Waals surface area contributed by atoms with E-state index in [0.29, 0.717) is 17.4 Å². The quantitative estimate of drug-likeness (QED) is 0.0256. The van der Waals surface area contributed by atoms with Gasteiger partial charge in [-0.2, -0.15) is 0 Å². The van der Waals surface area contributed by atoms with Crippen LogP contribution in [0.2, 0.25) is 0 Å². The van der Waals surface area contributed by atoms with Gasteiger partial charge >= 0.3 is 11.9 Å². The average molecular weight is 981 g/mol. The Morgan fingerprint density at radius 1 is 0.377 bits per heavy atom. The Morgan fingerprint density at radius 2 is 0.652 bits per heavy atom. The van der Waals surface area contributed by atoms with Gasteiger partial charge in [-0.25, -0.2) is 0 Å². The predicted octanol–water partition coefficient (Wildman–Crippen LogP) is 16.2. The zero-order valence-corrected chi connectivity index (χ0v) is 46.7. The van der Waals surface area contributed by atoms with Gasteiger partial charge in [0, 0.05) is 12.8 Å². The van der Waals surface area contributed by atoms with E-state index in [-0.39, 0.29) is 32.2 Å². The summed E-state index contributed by atoms with van der Waals surface area (Å²) in [5, 5.41) is 11.8. The normalized spacial score (nSPS) is 12.7. The molecule has 0 spiro atoms. The van der Waals surface area contributed by atoms with E-state index >= 15 is 0 Å². The highest BCUT2D eigenvalue weighted by atomic mass is 16.7. The summed E-state index contributed by atoms with van der Waals surface area (Å²) in [6.45, 7) is 4.82. The van der Waals surface area contributed by atoms with Crippen molar-refractivity contribution in [1.29, 1.82) is 0 Å². The van der Waals surface area contributed by atoms with E-state index < -0.39 is 24.3 Å². The Morgan fingerprint density at radius 3 is 0.928 bits per heavy atom. The van der Waals surface area contributed by atoms with Gasteiger partial charge in [0.05, 0.1) is 40.3 Å². The number of hydrogen-bond acceptors (Lipinski definition) is 8. The molecule has 9 heteroatoms. The number of rotatable bonds is 57. The van der Waals surface area contributed by atoms with Gasteiger partial charge in [-0.1, -0.05) is 284 Å². The summed E-state index contributed by atoms with van der Waals surface area (Å²) < 4.78 is 22.7. The monoisotopic (exact) mass is 980 g/mol. The number of nitrogens with zero attached hydrogens (tertiary/aromatic N) is 1. The van der Waals surface area contributed by atoms with Crippen molar-refractivity contribution in [2.45, 2.75) is 322 Å². The third kappa shape index (κ3) is 53.9. The molecule has 0 aromatic carbocycles. The number of aliphatic carboxylic acids is 1. The number of carbonyl (C=O) groups is 3. The molecule has 0 N–H and O–H groups in total. The van der Waals surface area contributed by atoms with Gasteiger partial charge < -0.3 is 33.3 Å². The largest absolute Gasteiger partial charge is 0.545 e. The van der Waals surface area contributed by atoms with Crippen molar-refractivity contribution < 1.29 is 42.9 Å². The van der Waals surface area contributed by atoms with Gasteiger partial charge in [0.25, 0.3) is 0 Å². The molecule has 0 saturated carbocycles.